The average Bonchev–Trinajstić information content (AvgIpc) is 2.66. The smallest absolute Gasteiger partial charge is 0.338 e. The van der Waals surface area contributed by atoms with Crippen LogP contribution in [-0.2, 0) is 14.3 Å². The molecule has 0 fully saturated rings. The van der Waals surface area contributed by atoms with Gasteiger partial charge in [-0.2, -0.15) is 0 Å². The second-order valence-corrected chi connectivity index (χ2v) is 6.68. The molecular weight excluding hydrogens is 414 g/mol. The van der Waals surface area contributed by atoms with Crippen molar-refractivity contribution in [3.05, 3.63) is 58.6 Å². The van der Waals surface area contributed by atoms with E-state index in [1.165, 1.54) is 0 Å². The Labute approximate surface area is 165 Å². The Kier molecular flexibility index (Phi) is 7.36. The first-order chi connectivity index (χ1) is 12.9. The van der Waals surface area contributed by atoms with Gasteiger partial charge >= 0.3 is 5.97 Å². The lowest BCUT2D eigenvalue weighted by Crippen LogP contribution is -2.35. The van der Waals surface area contributed by atoms with Gasteiger partial charge in [0.2, 0.25) is 5.91 Å². The van der Waals surface area contributed by atoms with Gasteiger partial charge in [-0.05, 0) is 52.3 Å². The number of para-hydroxylation sites is 1. The Morgan fingerprint density at radius 3 is 2.30 bits per heavy atom. The quantitative estimate of drug-likeness (QED) is 0.654. The lowest BCUT2D eigenvalue weighted by Gasteiger charge is -2.12. The number of anilines is 2. The lowest BCUT2D eigenvalue weighted by atomic mass is 10.2. The number of nitrogens with one attached hydrogen (secondary N) is 2. The first kappa shape index (κ1) is 20.4. The minimum absolute atomic E-state index is 0.227. The second kappa shape index (κ2) is 9.72. The maximum Gasteiger partial charge on any atom is 0.338 e. The number of hydrogen-bond acceptors (Lipinski definition) is 5. The van der Waals surface area contributed by atoms with Crippen LogP contribution in [0.5, 0.6) is 0 Å². The second-order valence-electron chi connectivity index (χ2n) is 5.82. The van der Waals surface area contributed by atoms with Gasteiger partial charge in [0.15, 0.2) is 6.61 Å². The highest BCUT2D eigenvalue weighted by atomic mass is 79.9. The Balaban J connectivity index is 1.74. The summed E-state index contributed by atoms with van der Waals surface area (Å²) >= 11 is 3.32. The van der Waals surface area contributed by atoms with Gasteiger partial charge in [0.05, 0.1) is 17.8 Å². The maximum atomic E-state index is 11.9. The zero-order valence-electron chi connectivity index (χ0n) is 15.0. The number of nitrogens with zero attached hydrogens (tertiary/aromatic N) is 1. The summed E-state index contributed by atoms with van der Waals surface area (Å²) < 4.78 is 5.69. The van der Waals surface area contributed by atoms with E-state index < -0.39 is 18.5 Å². The van der Waals surface area contributed by atoms with E-state index in [1.807, 2.05) is 25.1 Å². The van der Waals surface area contributed by atoms with Gasteiger partial charge in [0.1, 0.15) is 0 Å². The van der Waals surface area contributed by atoms with Gasteiger partial charge in [-0.3, -0.25) is 9.59 Å². The van der Waals surface area contributed by atoms with Crippen LogP contribution in [0.15, 0.2) is 53.0 Å². The summed E-state index contributed by atoms with van der Waals surface area (Å²) in [6.45, 7) is -0.689. The van der Waals surface area contributed by atoms with Gasteiger partial charge in [0.25, 0.3) is 5.91 Å². The van der Waals surface area contributed by atoms with Crippen molar-refractivity contribution in [1.82, 2.24) is 5.32 Å². The number of rotatable bonds is 7. The summed E-state index contributed by atoms with van der Waals surface area (Å²) in [5.74, 6) is -1.55. The molecule has 0 unspecified atom stereocenters. The van der Waals surface area contributed by atoms with Crippen LogP contribution < -0.4 is 15.5 Å². The number of halogens is 1. The topological polar surface area (TPSA) is 87.7 Å². The Bertz CT molecular complexity index is 822. The summed E-state index contributed by atoms with van der Waals surface area (Å²) in [4.78, 5) is 37.5. The number of benzene rings is 2. The van der Waals surface area contributed by atoms with E-state index in [1.54, 1.807) is 42.5 Å². The normalized spacial score (nSPS) is 10.0. The summed E-state index contributed by atoms with van der Waals surface area (Å²) in [6.07, 6.45) is 0. The third kappa shape index (κ3) is 6.41. The van der Waals surface area contributed by atoms with E-state index in [2.05, 4.69) is 26.6 Å². The minimum atomic E-state index is -0.604. The Hall–Kier alpha value is -2.87. The zero-order chi connectivity index (χ0) is 19.8. The zero-order valence-corrected chi connectivity index (χ0v) is 16.6. The highest BCUT2D eigenvalue weighted by Crippen LogP contribution is 2.20. The van der Waals surface area contributed by atoms with Crippen molar-refractivity contribution in [2.24, 2.45) is 0 Å². The molecule has 0 bridgehead atoms. The molecule has 0 spiro atoms. The molecule has 0 heterocycles. The predicted octanol–water partition coefficient (Wildman–Crippen LogP) is 2.43. The van der Waals surface area contributed by atoms with Gasteiger partial charge in [-0.1, -0.05) is 12.1 Å². The first-order valence-corrected chi connectivity index (χ1v) is 8.91. The fraction of sp³-hybridized carbons (Fsp3) is 0.211. The molecule has 0 aromatic heterocycles. The van der Waals surface area contributed by atoms with Crippen LogP contribution in [-0.4, -0.2) is 45.0 Å². The van der Waals surface area contributed by atoms with Crippen molar-refractivity contribution in [3.63, 3.8) is 0 Å². The van der Waals surface area contributed by atoms with E-state index in [0.717, 1.165) is 10.2 Å². The summed E-state index contributed by atoms with van der Waals surface area (Å²) in [6, 6.07) is 13.9. The van der Waals surface area contributed by atoms with E-state index in [-0.39, 0.29) is 12.5 Å². The predicted molar refractivity (Wildman–Crippen MR) is 107 cm³/mol. The van der Waals surface area contributed by atoms with Crippen molar-refractivity contribution in [1.29, 1.82) is 0 Å². The summed E-state index contributed by atoms with van der Waals surface area (Å²) in [7, 11) is 3.79. The van der Waals surface area contributed by atoms with Crippen LogP contribution in [0, 0.1) is 0 Å². The molecule has 0 aliphatic carbocycles. The SMILES string of the molecule is CN(C)c1ccc(C(=O)OCC(=O)NCC(=O)Nc2ccccc2Br)cc1. The molecule has 2 rings (SSSR count). The van der Waals surface area contributed by atoms with E-state index in [4.69, 9.17) is 4.74 Å². The molecule has 142 valence electrons. The monoisotopic (exact) mass is 433 g/mol. The highest BCUT2D eigenvalue weighted by Gasteiger charge is 2.12. The third-order valence-corrected chi connectivity index (χ3v) is 4.24. The number of hydrogen-bond donors (Lipinski definition) is 2. The molecule has 0 radical (unpaired) electrons. The van der Waals surface area contributed by atoms with Crippen LogP contribution >= 0.6 is 15.9 Å². The van der Waals surface area contributed by atoms with Crippen molar-refractivity contribution in [3.8, 4) is 0 Å². The average molecular weight is 434 g/mol. The van der Waals surface area contributed by atoms with Crippen LogP contribution in [0.25, 0.3) is 0 Å². The molecule has 2 aromatic rings. The highest BCUT2D eigenvalue weighted by molar-refractivity contribution is 9.10. The molecule has 0 aliphatic rings. The number of amides is 2. The minimum Gasteiger partial charge on any atom is -0.452 e. The van der Waals surface area contributed by atoms with Gasteiger partial charge < -0.3 is 20.3 Å². The molecule has 8 heteroatoms. The van der Waals surface area contributed by atoms with Crippen LogP contribution in [0.1, 0.15) is 10.4 Å². The molecule has 0 saturated carbocycles. The molecule has 2 N–H and O–H groups in total. The fourth-order valence-corrected chi connectivity index (χ4v) is 2.48. The molecule has 27 heavy (non-hydrogen) atoms. The first-order valence-electron chi connectivity index (χ1n) is 8.12. The van der Waals surface area contributed by atoms with Crippen molar-refractivity contribution in [2.45, 2.75) is 0 Å². The maximum absolute atomic E-state index is 11.9. The Morgan fingerprint density at radius 2 is 1.67 bits per heavy atom. The van der Waals surface area contributed by atoms with Gasteiger partial charge in [-0.25, -0.2) is 4.79 Å². The standard InChI is InChI=1S/C19H20BrN3O4/c1-23(2)14-9-7-13(8-10-14)19(26)27-12-18(25)21-11-17(24)22-16-6-4-3-5-15(16)20/h3-10H,11-12H2,1-2H3,(H,21,25)(H,22,24). The third-order valence-electron chi connectivity index (χ3n) is 3.55. The molecule has 0 aliphatic heterocycles. The lowest BCUT2D eigenvalue weighted by molar-refractivity contribution is -0.126. The van der Waals surface area contributed by atoms with Crippen LogP contribution in [0.3, 0.4) is 0 Å². The molecule has 0 saturated heterocycles. The molecule has 7 nitrogen and oxygen atoms in total. The molecule has 2 aromatic carbocycles. The van der Waals surface area contributed by atoms with Crippen LogP contribution in [0.2, 0.25) is 0 Å². The fourth-order valence-electron chi connectivity index (χ4n) is 2.10. The van der Waals surface area contributed by atoms with Gasteiger partial charge in [-0.15, -0.1) is 0 Å². The summed E-state index contributed by atoms with van der Waals surface area (Å²) in [5, 5.41) is 5.06. The Morgan fingerprint density at radius 1 is 1.00 bits per heavy atom. The van der Waals surface area contributed by atoms with Crippen molar-refractivity contribution < 1.29 is 19.1 Å². The van der Waals surface area contributed by atoms with E-state index in [9.17, 15) is 14.4 Å². The van der Waals surface area contributed by atoms with Crippen LogP contribution in [0.4, 0.5) is 11.4 Å². The number of esters is 1. The number of carbonyl (C=O) groups is 3. The van der Waals surface area contributed by atoms with E-state index in [0.29, 0.717) is 11.3 Å². The summed E-state index contributed by atoms with van der Waals surface area (Å²) in [5.41, 5.74) is 1.89. The molecular formula is C19H20BrN3O4. The van der Waals surface area contributed by atoms with Crippen molar-refractivity contribution in [2.75, 3.05) is 37.5 Å². The largest absolute Gasteiger partial charge is 0.452 e. The molecule has 2 amide bonds. The van der Waals surface area contributed by atoms with E-state index >= 15 is 0 Å². The number of ether oxygens (including phenoxy) is 1. The van der Waals surface area contributed by atoms with Crippen molar-refractivity contribution >= 4 is 45.1 Å². The molecule has 0 atom stereocenters. The van der Waals surface area contributed by atoms with Gasteiger partial charge in [0, 0.05) is 24.3 Å². The number of carbonyl (C=O) groups excluding carboxylic acids is 3.